The zero-order valence-electron chi connectivity index (χ0n) is 25.2. The van der Waals surface area contributed by atoms with Gasteiger partial charge in [-0.2, -0.15) is 0 Å². The van der Waals surface area contributed by atoms with Crippen LogP contribution < -0.4 is 21.4 Å². The summed E-state index contributed by atoms with van der Waals surface area (Å²) in [5.74, 6) is 0.206. The fourth-order valence-electron chi connectivity index (χ4n) is 5.64. The topological polar surface area (TPSA) is 52.0 Å². The van der Waals surface area contributed by atoms with Gasteiger partial charge in [0.15, 0.2) is 5.84 Å². The summed E-state index contributed by atoms with van der Waals surface area (Å²) in [7, 11) is -0.690. The molecule has 0 fully saturated rings. The molecule has 0 aliphatic carbocycles. The van der Waals surface area contributed by atoms with Crippen LogP contribution >= 0.6 is 7.92 Å². The van der Waals surface area contributed by atoms with E-state index in [0.717, 1.165) is 38.9 Å². The SMILES string of the molecule is N=C(N=c1[nH]cc(-c2ccccc2)cc1-c1ccccc1)c1ccc(-c2cccc(P(c3ccccc3)c3ccccc3)c2)cc1. The van der Waals surface area contributed by atoms with Crippen molar-refractivity contribution in [1.82, 2.24) is 4.98 Å². The van der Waals surface area contributed by atoms with Gasteiger partial charge in [-0.3, -0.25) is 5.41 Å². The maximum absolute atomic E-state index is 8.92. The van der Waals surface area contributed by atoms with Crippen LogP contribution in [0.4, 0.5) is 0 Å². The van der Waals surface area contributed by atoms with E-state index in [1.54, 1.807) is 0 Å². The van der Waals surface area contributed by atoms with Crippen molar-refractivity contribution in [1.29, 1.82) is 5.41 Å². The highest BCUT2D eigenvalue weighted by atomic mass is 31.1. The summed E-state index contributed by atoms with van der Waals surface area (Å²) in [5, 5.41) is 12.9. The zero-order chi connectivity index (χ0) is 31.1. The molecule has 7 aromatic rings. The molecule has 0 bridgehead atoms. The van der Waals surface area contributed by atoms with Gasteiger partial charge < -0.3 is 4.98 Å². The lowest BCUT2D eigenvalue weighted by atomic mass is 10.0. The van der Waals surface area contributed by atoms with Crippen molar-refractivity contribution in [2.45, 2.75) is 0 Å². The van der Waals surface area contributed by atoms with Crippen LogP contribution in [0.2, 0.25) is 0 Å². The van der Waals surface area contributed by atoms with Crippen LogP contribution in [0.25, 0.3) is 33.4 Å². The molecule has 1 aromatic heterocycles. The number of H-pyrrole nitrogens is 1. The first kappa shape index (κ1) is 29.1. The summed E-state index contributed by atoms with van der Waals surface area (Å²) in [6, 6.07) is 61.2. The zero-order valence-corrected chi connectivity index (χ0v) is 26.1. The molecule has 0 radical (unpaired) electrons. The molecular weight excluding hydrogens is 577 g/mol. The van der Waals surface area contributed by atoms with Gasteiger partial charge >= 0.3 is 0 Å². The molecule has 7 rings (SSSR count). The molecule has 0 saturated heterocycles. The predicted molar refractivity (Wildman–Crippen MR) is 195 cm³/mol. The minimum absolute atomic E-state index is 0.206. The average Bonchev–Trinajstić information content (AvgIpc) is 3.14. The number of nitrogens with zero attached hydrogens (tertiary/aromatic N) is 1. The number of hydrogen-bond acceptors (Lipinski definition) is 1. The lowest BCUT2D eigenvalue weighted by Gasteiger charge is -2.20. The molecule has 6 aromatic carbocycles. The van der Waals surface area contributed by atoms with E-state index in [2.05, 4.69) is 132 Å². The third-order valence-electron chi connectivity index (χ3n) is 7.96. The van der Waals surface area contributed by atoms with Crippen molar-refractivity contribution >= 4 is 29.7 Å². The van der Waals surface area contributed by atoms with E-state index in [4.69, 9.17) is 10.4 Å². The minimum atomic E-state index is -0.690. The van der Waals surface area contributed by atoms with E-state index >= 15 is 0 Å². The van der Waals surface area contributed by atoms with Gasteiger partial charge in [-0.25, -0.2) is 4.99 Å². The van der Waals surface area contributed by atoms with Gasteiger partial charge in [0.25, 0.3) is 0 Å². The van der Waals surface area contributed by atoms with Crippen LogP contribution in [-0.2, 0) is 0 Å². The number of hydrogen-bond donors (Lipinski definition) is 2. The maximum atomic E-state index is 8.92. The molecule has 0 aliphatic heterocycles. The standard InChI is InChI=1S/C42H32N3P/c43-41(45-42-40(33-16-7-2-8-17-33)29-36(30-44-42)31-14-5-1-6-15-31)34-26-24-32(25-27-34)35-18-13-23-39(28-35)46(37-19-9-3-10-20-37)38-21-11-4-12-22-38/h1-30H,(H2,43,44,45). The Morgan fingerprint density at radius 1 is 0.457 bits per heavy atom. The summed E-state index contributed by atoms with van der Waals surface area (Å²) in [5.41, 5.74) is 7.87. The van der Waals surface area contributed by atoms with Crippen LogP contribution in [0, 0.1) is 5.41 Å². The molecule has 46 heavy (non-hydrogen) atoms. The number of rotatable bonds is 7. The van der Waals surface area contributed by atoms with Crippen LogP contribution in [0.5, 0.6) is 0 Å². The summed E-state index contributed by atoms with van der Waals surface area (Å²) >= 11 is 0. The number of aromatic amines is 1. The molecule has 1 heterocycles. The second kappa shape index (κ2) is 13.6. The quantitative estimate of drug-likeness (QED) is 0.103. The lowest BCUT2D eigenvalue weighted by Crippen LogP contribution is -2.20. The third kappa shape index (κ3) is 6.42. The van der Waals surface area contributed by atoms with Crippen LogP contribution in [0.15, 0.2) is 187 Å². The van der Waals surface area contributed by atoms with E-state index in [-0.39, 0.29) is 5.84 Å². The average molecular weight is 610 g/mol. The number of pyridine rings is 1. The Balaban J connectivity index is 1.20. The van der Waals surface area contributed by atoms with Crippen LogP contribution in [0.1, 0.15) is 5.56 Å². The van der Waals surface area contributed by atoms with Crippen molar-refractivity contribution in [2.75, 3.05) is 0 Å². The largest absolute Gasteiger partial charge is 0.345 e. The molecular formula is C42H32N3P. The van der Waals surface area contributed by atoms with E-state index < -0.39 is 7.92 Å². The van der Waals surface area contributed by atoms with Crippen molar-refractivity contribution in [2.24, 2.45) is 4.99 Å². The third-order valence-corrected chi connectivity index (χ3v) is 10.4. The maximum Gasteiger partial charge on any atom is 0.154 e. The summed E-state index contributed by atoms with van der Waals surface area (Å²) < 4.78 is 0. The highest BCUT2D eigenvalue weighted by Crippen LogP contribution is 2.34. The Morgan fingerprint density at radius 3 is 1.57 bits per heavy atom. The molecule has 0 spiro atoms. The highest BCUT2D eigenvalue weighted by Gasteiger charge is 2.17. The second-order valence-corrected chi connectivity index (χ2v) is 13.2. The molecule has 0 aliphatic rings. The number of aromatic nitrogens is 1. The van der Waals surface area contributed by atoms with Gasteiger partial charge in [-0.15, -0.1) is 0 Å². The predicted octanol–water partition coefficient (Wildman–Crippen LogP) is 8.70. The first-order valence-corrected chi connectivity index (χ1v) is 16.6. The highest BCUT2D eigenvalue weighted by molar-refractivity contribution is 7.79. The van der Waals surface area contributed by atoms with Crippen LogP contribution in [0.3, 0.4) is 0 Å². The molecule has 2 N–H and O–H groups in total. The van der Waals surface area contributed by atoms with Gasteiger partial charge in [0.2, 0.25) is 0 Å². The number of benzene rings is 6. The molecule has 4 heteroatoms. The summed E-state index contributed by atoms with van der Waals surface area (Å²) in [4.78, 5) is 8.16. The molecule has 0 unspecified atom stereocenters. The summed E-state index contributed by atoms with van der Waals surface area (Å²) in [6.07, 6.45) is 1.96. The Labute approximate surface area is 270 Å². The first-order valence-electron chi connectivity index (χ1n) is 15.3. The van der Waals surface area contributed by atoms with E-state index in [1.807, 2.05) is 54.7 Å². The Bertz CT molecular complexity index is 2100. The van der Waals surface area contributed by atoms with Crippen molar-refractivity contribution < 1.29 is 0 Å². The van der Waals surface area contributed by atoms with Crippen molar-refractivity contribution in [3.8, 4) is 33.4 Å². The van der Waals surface area contributed by atoms with Gasteiger partial charge in [-0.05, 0) is 63.8 Å². The molecule has 0 amide bonds. The van der Waals surface area contributed by atoms with Gasteiger partial charge in [0, 0.05) is 17.3 Å². The fourth-order valence-corrected chi connectivity index (χ4v) is 7.98. The lowest BCUT2D eigenvalue weighted by molar-refractivity contribution is 1.16. The van der Waals surface area contributed by atoms with Crippen molar-refractivity contribution in [3.63, 3.8) is 0 Å². The number of amidine groups is 1. The molecule has 220 valence electrons. The monoisotopic (exact) mass is 609 g/mol. The molecule has 0 atom stereocenters. The second-order valence-electron chi connectivity index (χ2n) is 11.0. The van der Waals surface area contributed by atoms with Crippen LogP contribution in [-0.4, -0.2) is 10.8 Å². The Hall–Kier alpha value is -5.63. The minimum Gasteiger partial charge on any atom is -0.345 e. The Kier molecular flexibility index (Phi) is 8.58. The molecule has 3 nitrogen and oxygen atoms in total. The fraction of sp³-hybridized carbons (Fsp3) is 0. The van der Waals surface area contributed by atoms with E-state index in [9.17, 15) is 0 Å². The summed E-state index contributed by atoms with van der Waals surface area (Å²) in [6.45, 7) is 0. The first-order chi connectivity index (χ1) is 22.7. The van der Waals surface area contributed by atoms with Gasteiger partial charge in [0.1, 0.15) is 5.49 Å². The van der Waals surface area contributed by atoms with Gasteiger partial charge in [0.05, 0.1) is 0 Å². The molecule has 0 saturated carbocycles. The number of nitrogens with one attached hydrogen (secondary N) is 2. The normalized spacial score (nSPS) is 11.5. The van der Waals surface area contributed by atoms with E-state index in [0.29, 0.717) is 5.49 Å². The smallest absolute Gasteiger partial charge is 0.154 e. The van der Waals surface area contributed by atoms with Gasteiger partial charge in [-0.1, -0.05) is 164 Å². The van der Waals surface area contributed by atoms with E-state index in [1.165, 1.54) is 15.9 Å². The Morgan fingerprint density at radius 2 is 0.957 bits per heavy atom. The van der Waals surface area contributed by atoms with Crippen molar-refractivity contribution in [3.05, 3.63) is 193 Å².